The van der Waals surface area contributed by atoms with Crippen molar-refractivity contribution in [3.05, 3.63) is 88.6 Å². The van der Waals surface area contributed by atoms with Gasteiger partial charge in [-0.15, -0.1) is 0 Å². The van der Waals surface area contributed by atoms with Crippen LogP contribution >= 0.6 is 0 Å². The Morgan fingerprint density at radius 3 is 2.09 bits per heavy atom. The molecule has 1 saturated carbocycles. The number of hydrogen-bond acceptors (Lipinski definition) is 3. The van der Waals surface area contributed by atoms with Gasteiger partial charge in [-0.25, -0.2) is 0 Å². The largest absolute Gasteiger partial charge is 0.490 e. The van der Waals surface area contributed by atoms with E-state index in [0.29, 0.717) is 23.4 Å². The third-order valence-corrected chi connectivity index (χ3v) is 6.45. The van der Waals surface area contributed by atoms with E-state index in [-0.39, 0.29) is 17.9 Å². The molecule has 1 aliphatic carbocycles. The van der Waals surface area contributed by atoms with E-state index in [2.05, 4.69) is 5.32 Å². The average molecular weight is 441 g/mol. The molecule has 1 aliphatic rings. The maximum atomic E-state index is 12.9. The SMILES string of the molecule is O=C(Cn1c2ccccc2c(=O)c2ccccc21)NCc1ccc(OC2CCCCC2)cc1. The summed E-state index contributed by atoms with van der Waals surface area (Å²) in [5.74, 6) is 0.791. The van der Waals surface area contributed by atoms with E-state index in [1.54, 1.807) is 0 Å². The van der Waals surface area contributed by atoms with Crippen molar-refractivity contribution in [3.8, 4) is 5.75 Å². The highest BCUT2D eigenvalue weighted by Gasteiger charge is 2.15. The Hall–Kier alpha value is -3.60. The van der Waals surface area contributed by atoms with E-state index < -0.39 is 0 Å². The lowest BCUT2D eigenvalue weighted by atomic mass is 9.98. The van der Waals surface area contributed by atoms with Gasteiger partial charge in [0.25, 0.3) is 0 Å². The number of carbonyl (C=O) groups is 1. The standard InChI is InChI=1S/C28H28N2O3/c31-27(29-18-20-14-16-22(17-15-20)33-21-8-2-1-3-9-21)19-30-25-12-6-4-10-23(25)28(32)24-11-5-7-13-26(24)30/h4-7,10-17,21H,1-3,8-9,18-19H2,(H,29,31). The van der Waals surface area contributed by atoms with Crippen molar-refractivity contribution in [2.24, 2.45) is 0 Å². The van der Waals surface area contributed by atoms with Crippen LogP contribution in [0.4, 0.5) is 0 Å². The second kappa shape index (κ2) is 9.49. The van der Waals surface area contributed by atoms with E-state index in [1.807, 2.05) is 77.4 Å². The van der Waals surface area contributed by atoms with E-state index >= 15 is 0 Å². The van der Waals surface area contributed by atoms with Gasteiger partial charge in [-0.2, -0.15) is 0 Å². The third kappa shape index (κ3) is 4.63. The number of nitrogens with one attached hydrogen (secondary N) is 1. The van der Waals surface area contributed by atoms with Crippen LogP contribution in [0, 0.1) is 0 Å². The van der Waals surface area contributed by atoms with Gasteiger partial charge in [-0.1, -0.05) is 42.8 Å². The molecule has 0 saturated heterocycles. The van der Waals surface area contributed by atoms with E-state index in [1.165, 1.54) is 19.3 Å². The van der Waals surface area contributed by atoms with Crippen LogP contribution in [0.3, 0.4) is 0 Å². The molecule has 1 amide bonds. The average Bonchev–Trinajstić information content (AvgIpc) is 2.87. The number of nitrogens with zero attached hydrogens (tertiary/aromatic N) is 1. The fourth-order valence-corrected chi connectivity index (χ4v) is 4.71. The van der Waals surface area contributed by atoms with Gasteiger partial charge in [0.05, 0.1) is 17.1 Å². The first kappa shape index (κ1) is 21.3. The number of rotatable bonds is 6. The monoisotopic (exact) mass is 440 g/mol. The molecule has 33 heavy (non-hydrogen) atoms. The topological polar surface area (TPSA) is 60.3 Å². The van der Waals surface area contributed by atoms with Gasteiger partial charge >= 0.3 is 0 Å². The molecule has 1 heterocycles. The highest BCUT2D eigenvalue weighted by molar-refractivity contribution is 5.94. The van der Waals surface area contributed by atoms with Crippen LogP contribution in [0.1, 0.15) is 37.7 Å². The zero-order valence-corrected chi connectivity index (χ0v) is 18.6. The van der Waals surface area contributed by atoms with Gasteiger partial charge in [0.2, 0.25) is 5.91 Å². The van der Waals surface area contributed by atoms with Crippen LogP contribution in [0.15, 0.2) is 77.6 Å². The van der Waals surface area contributed by atoms with Crippen molar-refractivity contribution < 1.29 is 9.53 Å². The fourth-order valence-electron chi connectivity index (χ4n) is 4.71. The number of benzene rings is 3. The zero-order chi connectivity index (χ0) is 22.6. The van der Waals surface area contributed by atoms with Crippen molar-refractivity contribution in [2.45, 2.75) is 51.3 Å². The Bertz CT molecular complexity index is 1280. The summed E-state index contributed by atoms with van der Waals surface area (Å²) >= 11 is 0. The van der Waals surface area contributed by atoms with Gasteiger partial charge in [0, 0.05) is 17.3 Å². The Morgan fingerprint density at radius 1 is 0.848 bits per heavy atom. The molecule has 1 fully saturated rings. The second-order valence-electron chi connectivity index (χ2n) is 8.75. The number of amides is 1. The maximum Gasteiger partial charge on any atom is 0.240 e. The van der Waals surface area contributed by atoms with E-state index in [9.17, 15) is 9.59 Å². The molecule has 0 spiro atoms. The van der Waals surface area contributed by atoms with Crippen LogP contribution in [-0.4, -0.2) is 16.6 Å². The Morgan fingerprint density at radius 2 is 1.45 bits per heavy atom. The molecule has 0 unspecified atom stereocenters. The minimum Gasteiger partial charge on any atom is -0.490 e. The second-order valence-corrected chi connectivity index (χ2v) is 8.75. The maximum absolute atomic E-state index is 12.9. The van der Waals surface area contributed by atoms with Crippen LogP contribution < -0.4 is 15.5 Å². The summed E-state index contributed by atoms with van der Waals surface area (Å²) in [5.41, 5.74) is 2.54. The first-order valence-corrected chi connectivity index (χ1v) is 11.7. The Balaban J connectivity index is 1.28. The van der Waals surface area contributed by atoms with Crippen LogP contribution in [0.25, 0.3) is 21.8 Å². The molecule has 4 aromatic rings. The molecule has 5 heteroatoms. The van der Waals surface area contributed by atoms with Gasteiger partial charge in [0.1, 0.15) is 12.3 Å². The molecule has 168 valence electrons. The molecular formula is C28H28N2O3. The molecule has 3 aromatic carbocycles. The molecule has 1 N–H and O–H groups in total. The first-order chi connectivity index (χ1) is 16.2. The molecule has 0 bridgehead atoms. The fraction of sp³-hybridized carbons (Fsp3) is 0.286. The van der Waals surface area contributed by atoms with Crippen LogP contribution in [0.2, 0.25) is 0 Å². The minimum absolute atomic E-state index is 0.00612. The van der Waals surface area contributed by atoms with Crippen molar-refractivity contribution in [2.75, 3.05) is 0 Å². The predicted molar refractivity (Wildman–Crippen MR) is 132 cm³/mol. The number of ether oxygens (including phenoxy) is 1. The lowest BCUT2D eigenvalue weighted by Crippen LogP contribution is -2.28. The molecule has 0 radical (unpaired) electrons. The summed E-state index contributed by atoms with van der Waals surface area (Å²) in [7, 11) is 0. The predicted octanol–water partition coefficient (Wildman–Crippen LogP) is 5.18. The summed E-state index contributed by atoms with van der Waals surface area (Å²) in [6.07, 6.45) is 6.39. The molecule has 5 rings (SSSR count). The first-order valence-electron chi connectivity index (χ1n) is 11.7. The summed E-state index contributed by atoms with van der Waals surface area (Å²) in [5, 5.41) is 4.26. The van der Waals surface area contributed by atoms with E-state index in [4.69, 9.17) is 4.74 Å². The van der Waals surface area contributed by atoms with Crippen LogP contribution in [-0.2, 0) is 17.9 Å². The highest BCUT2D eigenvalue weighted by Crippen LogP contribution is 2.24. The molecule has 5 nitrogen and oxygen atoms in total. The van der Waals surface area contributed by atoms with Crippen molar-refractivity contribution in [3.63, 3.8) is 0 Å². The summed E-state index contributed by atoms with van der Waals surface area (Å²) < 4.78 is 8.01. The van der Waals surface area contributed by atoms with Crippen molar-refractivity contribution in [1.29, 1.82) is 0 Å². The number of carbonyl (C=O) groups excluding carboxylic acids is 1. The third-order valence-electron chi connectivity index (χ3n) is 6.45. The molecule has 1 aromatic heterocycles. The van der Waals surface area contributed by atoms with E-state index in [0.717, 1.165) is 35.2 Å². The zero-order valence-electron chi connectivity index (χ0n) is 18.6. The Kier molecular flexibility index (Phi) is 6.11. The number of fused-ring (bicyclic) bond motifs is 2. The van der Waals surface area contributed by atoms with Gasteiger partial charge in [-0.05, 0) is 67.6 Å². The summed E-state index contributed by atoms with van der Waals surface area (Å²) in [6.45, 7) is 0.586. The van der Waals surface area contributed by atoms with Crippen LogP contribution in [0.5, 0.6) is 5.75 Å². The highest BCUT2D eigenvalue weighted by atomic mass is 16.5. The Labute approximate surface area is 193 Å². The van der Waals surface area contributed by atoms with Crippen molar-refractivity contribution in [1.82, 2.24) is 9.88 Å². The number of pyridine rings is 1. The lowest BCUT2D eigenvalue weighted by Gasteiger charge is -2.23. The molecule has 0 aliphatic heterocycles. The number of hydrogen-bond donors (Lipinski definition) is 1. The summed E-state index contributed by atoms with van der Waals surface area (Å²) in [6, 6.07) is 22.9. The van der Waals surface area contributed by atoms with Gasteiger partial charge in [-0.3, -0.25) is 9.59 Å². The molecular weight excluding hydrogens is 412 g/mol. The number of aromatic nitrogens is 1. The summed E-state index contributed by atoms with van der Waals surface area (Å²) in [4.78, 5) is 25.7. The smallest absolute Gasteiger partial charge is 0.240 e. The van der Waals surface area contributed by atoms with Gasteiger partial charge < -0.3 is 14.6 Å². The molecule has 0 atom stereocenters. The quantitative estimate of drug-likeness (QED) is 0.420. The van der Waals surface area contributed by atoms with Gasteiger partial charge in [0.15, 0.2) is 5.43 Å². The lowest BCUT2D eigenvalue weighted by molar-refractivity contribution is -0.121. The van der Waals surface area contributed by atoms with Crippen molar-refractivity contribution >= 4 is 27.7 Å². The minimum atomic E-state index is -0.100. The number of para-hydroxylation sites is 2. The normalized spacial score (nSPS) is 14.4.